The predicted molar refractivity (Wildman–Crippen MR) is 102 cm³/mol. The molecule has 2 nitrogen and oxygen atoms in total. The predicted octanol–water partition coefficient (Wildman–Crippen LogP) is 4.46. The summed E-state index contributed by atoms with van der Waals surface area (Å²) in [6.45, 7) is 5.80. The first kappa shape index (κ1) is 16.2. The van der Waals surface area contributed by atoms with Gasteiger partial charge in [0, 0.05) is 35.0 Å². The molecule has 1 unspecified atom stereocenters. The Balaban J connectivity index is 1.67. The number of likely N-dealkylation sites (N-methyl/N-ethyl adjacent to an activating group) is 1. The molecule has 1 fully saturated rings. The van der Waals surface area contributed by atoms with Crippen molar-refractivity contribution in [3.8, 4) is 0 Å². The Labute approximate surface area is 149 Å². The Morgan fingerprint density at radius 2 is 1.83 bits per heavy atom. The first-order chi connectivity index (χ1) is 11.8. The molecule has 0 aliphatic carbocycles. The maximum absolute atomic E-state index is 2.72. The average molecular weight is 339 g/mol. The molecule has 2 aliphatic rings. The largest absolute Gasteiger partial charge is 0.302 e. The third-order valence-corrected chi connectivity index (χ3v) is 6.85. The third kappa shape index (κ3) is 3.01. The molecular formula is C21H26N2S. The molecule has 2 heterocycles. The first-order valence-electron chi connectivity index (χ1n) is 9.05. The van der Waals surface area contributed by atoms with Crippen LogP contribution >= 0.6 is 11.8 Å². The van der Waals surface area contributed by atoms with Gasteiger partial charge in [0.05, 0.1) is 0 Å². The Morgan fingerprint density at radius 1 is 1.08 bits per heavy atom. The number of hydrogen-bond donors (Lipinski definition) is 0. The standard InChI is InChI=1S/C21H26N2S/c1-3-22(2)17-12-13-23(15-17)19-14-16-8-4-6-10-20(16)24-21-11-7-5-9-18(19)21/h4-11,17,19H,3,12-15H2,1-2H3/t17-,19?/m0/s1. The fourth-order valence-corrected chi connectivity index (χ4v) is 5.19. The van der Waals surface area contributed by atoms with Crippen molar-refractivity contribution in [1.29, 1.82) is 0 Å². The van der Waals surface area contributed by atoms with Crippen LogP contribution in [0.15, 0.2) is 58.3 Å². The van der Waals surface area contributed by atoms with Crippen LogP contribution in [0.4, 0.5) is 0 Å². The molecule has 2 aromatic rings. The summed E-state index contributed by atoms with van der Waals surface area (Å²) in [5.41, 5.74) is 3.01. The van der Waals surface area contributed by atoms with Crippen LogP contribution in [0, 0.1) is 0 Å². The van der Waals surface area contributed by atoms with E-state index >= 15 is 0 Å². The molecule has 126 valence electrons. The van der Waals surface area contributed by atoms with Gasteiger partial charge in [-0.1, -0.05) is 55.1 Å². The maximum Gasteiger partial charge on any atom is 0.0400 e. The summed E-state index contributed by atoms with van der Waals surface area (Å²) in [6, 6.07) is 19.2. The van der Waals surface area contributed by atoms with Gasteiger partial charge in [0.1, 0.15) is 0 Å². The summed E-state index contributed by atoms with van der Waals surface area (Å²) in [5.74, 6) is 0. The minimum atomic E-state index is 0.507. The van der Waals surface area contributed by atoms with E-state index in [-0.39, 0.29) is 0 Å². The molecule has 0 N–H and O–H groups in total. The minimum absolute atomic E-state index is 0.507. The zero-order chi connectivity index (χ0) is 16.5. The fraction of sp³-hybridized carbons (Fsp3) is 0.429. The van der Waals surface area contributed by atoms with Gasteiger partial charge in [-0.2, -0.15) is 0 Å². The average Bonchev–Trinajstić information content (AvgIpc) is 3.04. The zero-order valence-corrected chi connectivity index (χ0v) is 15.4. The van der Waals surface area contributed by atoms with Crippen molar-refractivity contribution in [3.05, 3.63) is 59.7 Å². The molecule has 1 saturated heterocycles. The van der Waals surface area contributed by atoms with E-state index in [1.165, 1.54) is 40.4 Å². The molecular weight excluding hydrogens is 312 g/mol. The second-order valence-corrected chi connectivity index (χ2v) is 8.06. The molecule has 24 heavy (non-hydrogen) atoms. The molecule has 2 aromatic carbocycles. The van der Waals surface area contributed by atoms with Crippen molar-refractivity contribution in [1.82, 2.24) is 9.80 Å². The van der Waals surface area contributed by atoms with E-state index in [0.29, 0.717) is 12.1 Å². The smallest absolute Gasteiger partial charge is 0.0400 e. The van der Waals surface area contributed by atoms with Gasteiger partial charge >= 0.3 is 0 Å². The first-order valence-corrected chi connectivity index (χ1v) is 9.87. The molecule has 0 aromatic heterocycles. The minimum Gasteiger partial charge on any atom is -0.302 e. The van der Waals surface area contributed by atoms with Crippen LogP contribution in [0.3, 0.4) is 0 Å². The summed E-state index contributed by atoms with van der Waals surface area (Å²) in [5, 5.41) is 0. The number of fused-ring (bicyclic) bond motifs is 2. The van der Waals surface area contributed by atoms with Crippen LogP contribution in [0.2, 0.25) is 0 Å². The van der Waals surface area contributed by atoms with E-state index in [9.17, 15) is 0 Å². The van der Waals surface area contributed by atoms with Crippen molar-refractivity contribution in [2.75, 3.05) is 26.7 Å². The van der Waals surface area contributed by atoms with Gasteiger partial charge in [-0.3, -0.25) is 4.90 Å². The lowest BCUT2D eigenvalue weighted by Gasteiger charge is -2.30. The molecule has 0 bridgehead atoms. The van der Waals surface area contributed by atoms with Crippen molar-refractivity contribution in [3.63, 3.8) is 0 Å². The van der Waals surface area contributed by atoms with Gasteiger partial charge in [0.25, 0.3) is 0 Å². The lowest BCUT2D eigenvalue weighted by molar-refractivity contribution is 0.202. The van der Waals surface area contributed by atoms with E-state index < -0.39 is 0 Å². The maximum atomic E-state index is 2.72. The van der Waals surface area contributed by atoms with Crippen LogP contribution in [-0.2, 0) is 6.42 Å². The van der Waals surface area contributed by atoms with E-state index in [2.05, 4.69) is 72.3 Å². The molecule has 2 atom stereocenters. The van der Waals surface area contributed by atoms with E-state index in [0.717, 1.165) is 13.0 Å². The Bertz CT molecular complexity index is 714. The topological polar surface area (TPSA) is 6.48 Å². The Kier molecular flexibility index (Phi) is 4.66. The number of rotatable bonds is 3. The van der Waals surface area contributed by atoms with Crippen molar-refractivity contribution >= 4 is 11.8 Å². The quantitative estimate of drug-likeness (QED) is 0.816. The molecule has 0 saturated carbocycles. The lowest BCUT2D eigenvalue weighted by atomic mass is 9.97. The second-order valence-electron chi connectivity index (χ2n) is 6.98. The van der Waals surface area contributed by atoms with Crippen molar-refractivity contribution in [2.45, 2.75) is 41.6 Å². The molecule has 4 rings (SSSR count). The fourth-order valence-electron chi connectivity index (χ4n) is 4.05. The van der Waals surface area contributed by atoms with E-state index in [4.69, 9.17) is 0 Å². The number of benzene rings is 2. The van der Waals surface area contributed by atoms with Gasteiger partial charge in [-0.25, -0.2) is 0 Å². The summed E-state index contributed by atoms with van der Waals surface area (Å²) in [6.07, 6.45) is 2.42. The highest BCUT2D eigenvalue weighted by molar-refractivity contribution is 7.99. The number of hydrogen-bond acceptors (Lipinski definition) is 3. The Hall–Kier alpha value is -1.29. The van der Waals surface area contributed by atoms with Crippen LogP contribution in [0.5, 0.6) is 0 Å². The van der Waals surface area contributed by atoms with Gasteiger partial charge in [0.15, 0.2) is 0 Å². The molecule has 0 amide bonds. The van der Waals surface area contributed by atoms with Crippen molar-refractivity contribution < 1.29 is 0 Å². The zero-order valence-electron chi connectivity index (χ0n) is 14.6. The van der Waals surface area contributed by atoms with Gasteiger partial charge in [-0.05, 0) is 49.7 Å². The van der Waals surface area contributed by atoms with Crippen molar-refractivity contribution in [2.24, 2.45) is 0 Å². The molecule has 2 aliphatic heterocycles. The summed E-state index contributed by atoms with van der Waals surface area (Å²) >= 11 is 1.94. The van der Waals surface area contributed by atoms with Crippen LogP contribution in [0.1, 0.15) is 30.5 Å². The van der Waals surface area contributed by atoms with Gasteiger partial charge in [0.2, 0.25) is 0 Å². The molecule has 3 heteroatoms. The van der Waals surface area contributed by atoms with Gasteiger partial charge in [-0.15, -0.1) is 0 Å². The summed E-state index contributed by atoms with van der Waals surface area (Å²) in [4.78, 5) is 8.08. The van der Waals surface area contributed by atoms with E-state index in [1.54, 1.807) is 0 Å². The SMILES string of the molecule is CCN(C)[C@H]1CCN(C2Cc3ccccc3Sc3ccccc32)C1. The van der Waals surface area contributed by atoms with E-state index in [1.807, 2.05) is 11.8 Å². The van der Waals surface area contributed by atoms with Crippen LogP contribution in [-0.4, -0.2) is 42.5 Å². The summed E-state index contributed by atoms with van der Waals surface area (Å²) < 4.78 is 0. The van der Waals surface area contributed by atoms with Crippen LogP contribution in [0.25, 0.3) is 0 Å². The monoisotopic (exact) mass is 338 g/mol. The number of likely N-dealkylation sites (tertiary alicyclic amines) is 1. The highest BCUT2D eigenvalue weighted by Gasteiger charge is 2.33. The van der Waals surface area contributed by atoms with Crippen LogP contribution < -0.4 is 0 Å². The van der Waals surface area contributed by atoms with Gasteiger partial charge < -0.3 is 4.90 Å². The third-order valence-electron chi connectivity index (χ3n) is 5.64. The highest BCUT2D eigenvalue weighted by atomic mass is 32.2. The summed E-state index contributed by atoms with van der Waals surface area (Å²) in [7, 11) is 2.26. The normalized spacial score (nSPS) is 23.8. The Morgan fingerprint density at radius 3 is 2.67 bits per heavy atom. The second kappa shape index (κ2) is 6.91. The highest BCUT2D eigenvalue weighted by Crippen LogP contribution is 2.43. The number of nitrogens with zero attached hydrogens (tertiary/aromatic N) is 2. The molecule has 0 spiro atoms. The lowest BCUT2D eigenvalue weighted by Crippen LogP contribution is -2.36. The molecule has 0 radical (unpaired) electrons.